The molecule has 1 aromatic heterocycles. The van der Waals surface area contributed by atoms with Gasteiger partial charge in [0.15, 0.2) is 17.4 Å². The molecule has 0 unspecified atom stereocenters. The van der Waals surface area contributed by atoms with Crippen LogP contribution in [0, 0.1) is 5.92 Å². The van der Waals surface area contributed by atoms with Crippen LogP contribution in [0.4, 0.5) is 5.13 Å². The van der Waals surface area contributed by atoms with Crippen LogP contribution in [0.3, 0.4) is 0 Å². The lowest BCUT2D eigenvalue weighted by Crippen LogP contribution is -2.42. The average Bonchev–Trinajstić information content (AvgIpc) is 3.16. The van der Waals surface area contributed by atoms with E-state index in [1.807, 2.05) is 30.3 Å². The summed E-state index contributed by atoms with van der Waals surface area (Å²) in [4.78, 5) is 28.4. The fraction of sp³-hybridized carbons (Fsp3) is 0.450. The second-order valence-corrected chi connectivity index (χ2v) is 7.75. The molecule has 1 aromatic carbocycles. The number of nitrogens with zero attached hydrogens (tertiary/aromatic N) is 1. The van der Waals surface area contributed by atoms with Crippen LogP contribution in [0.1, 0.15) is 48.7 Å². The number of nitrogens with one attached hydrogen (secondary N) is 2. The van der Waals surface area contributed by atoms with Gasteiger partial charge < -0.3 is 15.4 Å². The number of carbonyl (C=O) groups excluding carboxylic acids is 2. The van der Waals surface area contributed by atoms with E-state index >= 15 is 0 Å². The molecule has 144 valence electrons. The van der Waals surface area contributed by atoms with E-state index in [0.29, 0.717) is 17.6 Å². The minimum Gasteiger partial charge on any atom is -0.451 e. The number of esters is 1. The fourth-order valence-corrected chi connectivity index (χ4v) is 3.89. The first-order valence-corrected chi connectivity index (χ1v) is 10.2. The number of amides is 1. The Bertz CT molecular complexity index is 763. The minimum absolute atomic E-state index is 0.179. The molecule has 0 bridgehead atoms. The van der Waals surface area contributed by atoms with Crippen molar-refractivity contribution in [2.24, 2.45) is 5.92 Å². The van der Waals surface area contributed by atoms with Gasteiger partial charge in [-0.25, -0.2) is 9.78 Å². The van der Waals surface area contributed by atoms with Crippen LogP contribution in [0.2, 0.25) is 0 Å². The number of benzene rings is 1. The van der Waals surface area contributed by atoms with E-state index in [0.717, 1.165) is 24.8 Å². The van der Waals surface area contributed by atoms with Crippen LogP contribution < -0.4 is 10.6 Å². The molecule has 27 heavy (non-hydrogen) atoms. The summed E-state index contributed by atoms with van der Waals surface area (Å²) in [5.74, 6) is -0.360. The molecule has 7 heteroatoms. The van der Waals surface area contributed by atoms with E-state index in [1.165, 1.54) is 17.8 Å². The average molecular weight is 388 g/mol. The summed E-state index contributed by atoms with van der Waals surface area (Å²) in [6.07, 6.45) is 4.46. The molecule has 0 spiro atoms. The second-order valence-electron chi connectivity index (χ2n) is 6.89. The molecule has 0 saturated heterocycles. The van der Waals surface area contributed by atoms with Crippen molar-refractivity contribution < 1.29 is 14.3 Å². The zero-order chi connectivity index (χ0) is 19.1. The monoisotopic (exact) mass is 387 g/mol. The van der Waals surface area contributed by atoms with E-state index in [2.05, 4.69) is 22.5 Å². The maximum Gasteiger partial charge on any atom is 0.358 e. The van der Waals surface area contributed by atoms with Gasteiger partial charge in [-0.05, 0) is 24.3 Å². The van der Waals surface area contributed by atoms with Crippen molar-refractivity contribution in [3.05, 3.63) is 47.0 Å². The SMILES string of the molecule is C[C@@H]1CCCC[C@@H]1NC(=O)COC(=O)c1csc(NCc2ccccc2)n1. The standard InChI is InChI=1S/C20H25N3O3S/c1-14-7-5-6-10-16(14)22-18(24)12-26-19(25)17-13-27-20(23-17)21-11-15-8-3-2-4-9-15/h2-4,8-9,13-14,16H,5-7,10-12H2,1H3,(H,21,23)(H,22,24)/t14-,16+/m1/s1. The van der Waals surface area contributed by atoms with E-state index < -0.39 is 5.97 Å². The van der Waals surface area contributed by atoms with Gasteiger partial charge in [-0.2, -0.15) is 0 Å². The Kier molecular flexibility index (Phi) is 6.81. The summed E-state index contributed by atoms with van der Waals surface area (Å²) in [6, 6.07) is 10.1. The molecule has 0 radical (unpaired) electrons. The van der Waals surface area contributed by atoms with Gasteiger partial charge in [0.2, 0.25) is 0 Å². The first-order valence-electron chi connectivity index (χ1n) is 9.31. The van der Waals surface area contributed by atoms with Crippen LogP contribution >= 0.6 is 11.3 Å². The predicted molar refractivity (Wildman–Crippen MR) is 106 cm³/mol. The number of ether oxygens (including phenoxy) is 1. The minimum atomic E-state index is -0.578. The van der Waals surface area contributed by atoms with Gasteiger partial charge in [0.05, 0.1) is 0 Å². The van der Waals surface area contributed by atoms with Crippen molar-refractivity contribution >= 4 is 28.3 Å². The predicted octanol–water partition coefficient (Wildman–Crippen LogP) is 3.61. The highest BCUT2D eigenvalue weighted by Crippen LogP contribution is 2.23. The first-order chi connectivity index (χ1) is 13.1. The molecule has 1 amide bonds. The number of carbonyl (C=O) groups is 2. The molecule has 1 saturated carbocycles. The topological polar surface area (TPSA) is 80.3 Å². The molecule has 1 aliphatic rings. The third kappa shape index (κ3) is 5.79. The lowest BCUT2D eigenvalue weighted by molar-refractivity contribution is -0.125. The van der Waals surface area contributed by atoms with Crippen LogP contribution in [0.25, 0.3) is 0 Å². The summed E-state index contributed by atoms with van der Waals surface area (Å²) in [5.41, 5.74) is 1.35. The van der Waals surface area contributed by atoms with E-state index in [1.54, 1.807) is 5.38 Å². The van der Waals surface area contributed by atoms with Gasteiger partial charge >= 0.3 is 5.97 Å². The Morgan fingerprint density at radius 2 is 2.00 bits per heavy atom. The fourth-order valence-electron chi connectivity index (χ4n) is 3.21. The lowest BCUT2D eigenvalue weighted by atomic mass is 9.86. The molecule has 1 heterocycles. The number of aromatic nitrogens is 1. The molecular formula is C20H25N3O3S. The van der Waals surface area contributed by atoms with Gasteiger partial charge in [-0.1, -0.05) is 50.1 Å². The lowest BCUT2D eigenvalue weighted by Gasteiger charge is -2.29. The van der Waals surface area contributed by atoms with Gasteiger partial charge in [-0.15, -0.1) is 11.3 Å². The summed E-state index contributed by atoms with van der Waals surface area (Å²) >= 11 is 1.34. The molecular weight excluding hydrogens is 362 g/mol. The smallest absolute Gasteiger partial charge is 0.358 e. The Hall–Kier alpha value is -2.41. The van der Waals surface area contributed by atoms with Gasteiger partial charge in [0.1, 0.15) is 0 Å². The summed E-state index contributed by atoms with van der Waals surface area (Å²) in [7, 11) is 0. The summed E-state index contributed by atoms with van der Waals surface area (Å²) < 4.78 is 5.11. The van der Waals surface area contributed by atoms with E-state index in [9.17, 15) is 9.59 Å². The molecule has 6 nitrogen and oxygen atoms in total. The molecule has 0 aliphatic heterocycles. The highest BCUT2D eigenvalue weighted by atomic mass is 32.1. The van der Waals surface area contributed by atoms with Crippen molar-refractivity contribution in [2.75, 3.05) is 11.9 Å². The quantitative estimate of drug-likeness (QED) is 0.710. The van der Waals surface area contributed by atoms with Gasteiger partial charge in [-0.3, -0.25) is 4.79 Å². The van der Waals surface area contributed by atoms with Crippen LogP contribution in [-0.2, 0) is 16.1 Å². The van der Waals surface area contributed by atoms with E-state index in [-0.39, 0.29) is 24.2 Å². The van der Waals surface area contributed by atoms with Gasteiger partial charge in [0.25, 0.3) is 5.91 Å². The van der Waals surface area contributed by atoms with Crippen molar-refractivity contribution in [3.8, 4) is 0 Å². The van der Waals surface area contributed by atoms with Crippen molar-refractivity contribution in [3.63, 3.8) is 0 Å². The number of rotatable bonds is 7. The zero-order valence-electron chi connectivity index (χ0n) is 15.4. The Balaban J connectivity index is 1.43. The Morgan fingerprint density at radius 3 is 2.78 bits per heavy atom. The summed E-state index contributed by atoms with van der Waals surface area (Å²) in [6.45, 7) is 2.51. The number of anilines is 1. The molecule has 3 rings (SSSR count). The van der Waals surface area contributed by atoms with Crippen LogP contribution in [-0.4, -0.2) is 29.5 Å². The third-order valence-corrected chi connectivity index (χ3v) is 5.59. The Morgan fingerprint density at radius 1 is 1.22 bits per heavy atom. The maximum atomic E-state index is 12.1. The highest BCUT2D eigenvalue weighted by molar-refractivity contribution is 7.13. The highest BCUT2D eigenvalue weighted by Gasteiger charge is 2.23. The molecule has 2 atom stereocenters. The largest absolute Gasteiger partial charge is 0.451 e. The first kappa shape index (κ1) is 19.4. The van der Waals surface area contributed by atoms with Crippen molar-refractivity contribution in [1.29, 1.82) is 0 Å². The molecule has 2 N–H and O–H groups in total. The second kappa shape index (κ2) is 9.50. The zero-order valence-corrected chi connectivity index (χ0v) is 16.3. The number of thiazole rings is 1. The molecule has 1 aliphatic carbocycles. The maximum absolute atomic E-state index is 12.1. The van der Waals surface area contributed by atoms with Gasteiger partial charge in [0, 0.05) is 18.0 Å². The molecule has 2 aromatic rings. The Labute approximate surface area is 163 Å². The number of hydrogen-bond donors (Lipinski definition) is 2. The van der Waals surface area contributed by atoms with E-state index in [4.69, 9.17) is 4.74 Å². The van der Waals surface area contributed by atoms with Crippen molar-refractivity contribution in [2.45, 2.75) is 45.2 Å². The van der Waals surface area contributed by atoms with Crippen LogP contribution in [0.15, 0.2) is 35.7 Å². The number of hydrogen-bond acceptors (Lipinski definition) is 6. The third-order valence-electron chi connectivity index (χ3n) is 4.79. The van der Waals surface area contributed by atoms with Crippen LogP contribution in [0.5, 0.6) is 0 Å². The molecule has 1 fully saturated rings. The van der Waals surface area contributed by atoms with Crippen molar-refractivity contribution in [1.82, 2.24) is 10.3 Å². The normalized spacial score (nSPS) is 19.3. The summed E-state index contributed by atoms with van der Waals surface area (Å²) in [5, 5.41) is 8.43.